The van der Waals surface area contributed by atoms with Gasteiger partial charge in [0.2, 0.25) is 5.91 Å². The zero-order valence-corrected chi connectivity index (χ0v) is 19.8. The van der Waals surface area contributed by atoms with Gasteiger partial charge in [-0.25, -0.2) is 0 Å². The van der Waals surface area contributed by atoms with E-state index in [4.69, 9.17) is 9.72 Å². The largest absolute Gasteiger partial charge is 0.457 e. The van der Waals surface area contributed by atoms with Crippen molar-refractivity contribution in [3.05, 3.63) is 72.6 Å². The lowest BCUT2D eigenvalue weighted by Gasteiger charge is -2.38. The molecular weight excluding hydrogens is 438 g/mol. The fourth-order valence-corrected chi connectivity index (χ4v) is 5.68. The summed E-state index contributed by atoms with van der Waals surface area (Å²) < 4.78 is 6.09. The summed E-state index contributed by atoms with van der Waals surface area (Å²) in [6.07, 6.45) is 6.23. The monoisotopic (exact) mass is 467 g/mol. The Morgan fingerprint density at radius 3 is 2.51 bits per heavy atom. The van der Waals surface area contributed by atoms with E-state index in [1.165, 1.54) is 12.8 Å². The predicted molar refractivity (Wildman–Crippen MR) is 135 cm³/mol. The van der Waals surface area contributed by atoms with Crippen LogP contribution in [0.1, 0.15) is 38.3 Å². The number of carbonyl (C=O) groups is 1. The van der Waals surface area contributed by atoms with Gasteiger partial charge in [0.1, 0.15) is 11.5 Å². The molecule has 2 aliphatic heterocycles. The van der Waals surface area contributed by atoms with Crippen molar-refractivity contribution in [1.29, 1.82) is 0 Å². The van der Waals surface area contributed by atoms with E-state index in [2.05, 4.69) is 32.5 Å². The summed E-state index contributed by atoms with van der Waals surface area (Å²) in [5.41, 5.74) is 4.12. The highest BCUT2D eigenvalue weighted by Gasteiger charge is 2.40. The number of ether oxygens (including phenoxy) is 1. The Morgan fingerprint density at radius 2 is 1.80 bits per heavy atom. The van der Waals surface area contributed by atoms with Crippen molar-refractivity contribution in [2.24, 2.45) is 0 Å². The minimum atomic E-state index is 0.0774. The molecule has 2 bridgehead atoms. The molecule has 7 nitrogen and oxygen atoms in total. The predicted octanol–water partition coefficient (Wildman–Crippen LogP) is 5.05. The normalized spacial score (nSPS) is 21.8. The van der Waals surface area contributed by atoms with Crippen LogP contribution in [0, 0.1) is 0 Å². The van der Waals surface area contributed by atoms with Gasteiger partial charge in [0.15, 0.2) is 0 Å². The third kappa shape index (κ3) is 4.64. The number of hydrogen-bond donors (Lipinski definition) is 2. The van der Waals surface area contributed by atoms with E-state index in [1.54, 1.807) is 13.1 Å². The van der Waals surface area contributed by atoms with E-state index >= 15 is 0 Å². The SMILES string of the molecule is CC(=O)N[C@@H]1C[C@H]2CC[C@@H](C1)N2Cc1ccc2cc(Oc3ccc(-c4ccn[nH]4)cc3)ccc2n1. The molecule has 4 heterocycles. The van der Waals surface area contributed by atoms with Gasteiger partial charge in [-0.1, -0.05) is 6.07 Å². The second-order valence-electron chi connectivity index (χ2n) is 9.68. The molecule has 4 aromatic rings. The van der Waals surface area contributed by atoms with Gasteiger partial charge in [0.05, 0.1) is 16.9 Å². The second kappa shape index (κ2) is 9.15. The molecular formula is C28H29N5O2. The van der Waals surface area contributed by atoms with Crippen molar-refractivity contribution in [2.75, 3.05) is 0 Å². The molecule has 0 spiro atoms. The molecule has 2 saturated heterocycles. The van der Waals surface area contributed by atoms with Crippen LogP contribution in [0.3, 0.4) is 0 Å². The summed E-state index contributed by atoms with van der Waals surface area (Å²) in [6.45, 7) is 2.47. The van der Waals surface area contributed by atoms with Gasteiger partial charge < -0.3 is 10.1 Å². The first kappa shape index (κ1) is 21.8. The molecule has 0 saturated carbocycles. The number of aromatic nitrogens is 3. The maximum atomic E-state index is 11.5. The Morgan fingerprint density at radius 1 is 1.03 bits per heavy atom. The Balaban J connectivity index is 1.13. The lowest BCUT2D eigenvalue weighted by Crippen LogP contribution is -2.49. The topological polar surface area (TPSA) is 83.1 Å². The zero-order valence-electron chi connectivity index (χ0n) is 19.8. The molecule has 1 amide bonds. The Hall–Kier alpha value is -3.71. The number of nitrogens with one attached hydrogen (secondary N) is 2. The number of benzene rings is 2. The number of piperidine rings is 1. The summed E-state index contributed by atoms with van der Waals surface area (Å²) in [5.74, 6) is 1.66. The Bertz CT molecular complexity index is 1320. The van der Waals surface area contributed by atoms with Crippen LogP contribution < -0.4 is 10.1 Å². The Labute approximate surface area is 204 Å². The third-order valence-corrected chi connectivity index (χ3v) is 7.26. The van der Waals surface area contributed by atoms with Gasteiger partial charge in [0, 0.05) is 43.2 Å². The fourth-order valence-electron chi connectivity index (χ4n) is 5.68. The van der Waals surface area contributed by atoms with Crippen molar-refractivity contribution in [2.45, 2.75) is 57.3 Å². The molecule has 6 rings (SSSR count). The van der Waals surface area contributed by atoms with Crippen molar-refractivity contribution in [1.82, 2.24) is 25.4 Å². The summed E-state index contributed by atoms with van der Waals surface area (Å²) in [4.78, 5) is 19.0. The molecule has 35 heavy (non-hydrogen) atoms. The van der Waals surface area contributed by atoms with Crippen LogP contribution in [0.25, 0.3) is 22.2 Å². The van der Waals surface area contributed by atoms with Crippen LogP contribution in [-0.2, 0) is 11.3 Å². The number of fused-ring (bicyclic) bond motifs is 3. The molecule has 2 aromatic heterocycles. The summed E-state index contributed by atoms with van der Waals surface area (Å²) in [5, 5.41) is 11.2. The van der Waals surface area contributed by atoms with Crippen LogP contribution in [0.2, 0.25) is 0 Å². The maximum Gasteiger partial charge on any atom is 0.217 e. The molecule has 2 aliphatic rings. The molecule has 3 atom stereocenters. The highest BCUT2D eigenvalue weighted by atomic mass is 16.5. The van der Waals surface area contributed by atoms with Crippen molar-refractivity contribution < 1.29 is 9.53 Å². The number of amides is 1. The first-order valence-corrected chi connectivity index (χ1v) is 12.3. The summed E-state index contributed by atoms with van der Waals surface area (Å²) in [6, 6.07) is 21.6. The number of pyridine rings is 1. The average Bonchev–Trinajstić information content (AvgIpc) is 3.46. The lowest BCUT2D eigenvalue weighted by molar-refractivity contribution is -0.120. The van der Waals surface area contributed by atoms with Crippen LogP contribution in [0.15, 0.2) is 66.9 Å². The smallest absolute Gasteiger partial charge is 0.217 e. The molecule has 2 N–H and O–H groups in total. The summed E-state index contributed by atoms with van der Waals surface area (Å²) in [7, 11) is 0. The van der Waals surface area contributed by atoms with Crippen molar-refractivity contribution in [3.63, 3.8) is 0 Å². The van der Waals surface area contributed by atoms with Gasteiger partial charge in [-0.3, -0.25) is 19.8 Å². The Kier molecular flexibility index (Phi) is 5.70. The van der Waals surface area contributed by atoms with E-state index < -0.39 is 0 Å². The van der Waals surface area contributed by atoms with Crippen LogP contribution >= 0.6 is 0 Å². The van der Waals surface area contributed by atoms with E-state index in [1.807, 2.05) is 48.5 Å². The van der Waals surface area contributed by atoms with Gasteiger partial charge in [-0.2, -0.15) is 5.10 Å². The number of carbonyl (C=O) groups excluding carboxylic acids is 1. The molecule has 0 aliphatic carbocycles. The standard InChI is InChI=1S/C28H29N5O2/c1-18(34)30-22-15-23-6-7-24(16-22)33(23)17-21-5-2-20-14-26(10-11-27(20)31-21)35-25-8-3-19(4-9-25)28-12-13-29-32-28/h2-5,8-14,22-24H,6-7,15-17H2,1H3,(H,29,32)(H,30,34)/t22-,23-,24+. The first-order chi connectivity index (χ1) is 17.1. The zero-order chi connectivity index (χ0) is 23.8. The lowest BCUT2D eigenvalue weighted by atomic mass is 9.97. The second-order valence-corrected chi connectivity index (χ2v) is 9.68. The van der Waals surface area contributed by atoms with Crippen LogP contribution in [-0.4, -0.2) is 44.1 Å². The molecule has 0 unspecified atom stereocenters. The third-order valence-electron chi connectivity index (χ3n) is 7.26. The van der Waals surface area contributed by atoms with E-state index in [0.29, 0.717) is 18.1 Å². The number of hydrogen-bond acceptors (Lipinski definition) is 5. The molecule has 178 valence electrons. The number of H-pyrrole nitrogens is 1. The molecule has 2 aromatic carbocycles. The molecule has 7 heteroatoms. The number of nitrogens with zero attached hydrogens (tertiary/aromatic N) is 3. The van der Waals surface area contributed by atoms with E-state index in [-0.39, 0.29) is 5.91 Å². The first-order valence-electron chi connectivity index (χ1n) is 12.3. The number of rotatable bonds is 6. The molecule has 2 fully saturated rings. The van der Waals surface area contributed by atoms with Gasteiger partial charge in [-0.05, 0) is 85.8 Å². The highest BCUT2D eigenvalue weighted by Crippen LogP contribution is 2.37. The average molecular weight is 468 g/mol. The summed E-state index contributed by atoms with van der Waals surface area (Å²) >= 11 is 0. The van der Waals surface area contributed by atoms with E-state index in [9.17, 15) is 4.79 Å². The highest BCUT2D eigenvalue weighted by molar-refractivity contribution is 5.80. The van der Waals surface area contributed by atoms with Crippen molar-refractivity contribution in [3.8, 4) is 22.8 Å². The minimum absolute atomic E-state index is 0.0774. The molecule has 0 radical (unpaired) electrons. The van der Waals surface area contributed by atoms with E-state index in [0.717, 1.165) is 58.7 Å². The maximum absolute atomic E-state index is 11.5. The van der Waals surface area contributed by atoms with Gasteiger partial charge >= 0.3 is 0 Å². The quantitative estimate of drug-likeness (QED) is 0.415. The van der Waals surface area contributed by atoms with Gasteiger partial charge in [-0.15, -0.1) is 0 Å². The van der Waals surface area contributed by atoms with Crippen LogP contribution in [0.5, 0.6) is 11.5 Å². The fraction of sp³-hybridized carbons (Fsp3) is 0.321. The van der Waals surface area contributed by atoms with Crippen LogP contribution in [0.4, 0.5) is 0 Å². The minimum Gasteiger partial charge on any atom is -0.457 e. The number of aromatic amines is 1. The van der Waals surface area contributed by atoms with Crippen molar-refractivity contribution >= 4 is 16.8 Å². The van der Waals surface area contributed by atoms with Gasteiger partial charge in [0.25, 0.3) is 0 Å².